The lowest BCUT2D eigenvalue weighted by atomic mass is 10.1. The zero-order valence-electron chi connectivity index (χ0n) is 12.1. The topological polar surface area (TPSA) is 45.2 Å². The van der Waals surface area contributed by atoms with Gasteiger partial charge in [-0.2, -0.15) is 0 Å². The van der Waals surface area contributed by atoms with E-state index in [0.29, 0.717) is 5.56 Å². The van der Waals surface area contributed by atoms with Gasteiger partial charge in [0.1, 0.15) is 5.82 Å². The van der Waals surface area contributed by atoms with E-state index in [1.165, 1.54) is 0 Å². The average molecular weight is 269 g/mol. The molecule has 0 spiro atoms. The fourth-order valence-corrected chi connectivity index (χ4v) is 1.88. The van der Waals surface area contributed by atoms with Gasteiger partial charge in [0.25, 0.3) is 5.91 Å². The number of amides is 1. The summed E-state index contributed by atoms with van der Waals surface area (Å²) < 4.78 is 0. The maximum Gasteiger partial charge on any atom is 0.258 e. The van der Waals surface area contributed by atoms with Crippen molar-refractivity contribution in [3.8, 4) is 0 Å². The minimum Gasteiger partial charge on any atom is -0.370 e. The van der Waals surface area contributed by atoms with Crippen LogP contribution in [0.15, 0.2) is 42.6 Å². The molecule has 0 aliphatic rings. The first-order valence-electron chi connectivity index (χ1n) is 6.66. The van der Waals surface area contributed by atoms with E-state index in [1.807, 2.05) is 50.2 Å². The predicted octanol–water partition coefficient (Wildman–Crippen LogP) is 3.10. The molecule has 0 radical (unpaired) electrons. The molecule has 1 amide bonds. The zero-order chi connectivity index (χ0) is 14.5. The largest absolute Gasteiger partial charge is 0.370 e. The highest BCUT2D eigenvalue weighted by molar-refractivity contribution is 6.05. The first kappa shape index (κ1) is 14.1. The summed E-state index contributed by atoms with van der Waals surface area (Å²) in [6.45, 7) is 4.84. The van der Waals surface area contributed by atoms with Crippen molar-refractivity contribution >= 4 is 17.4 Å². The molecular formula is C16H19N3O. The second-order valence-electron chi connectivity index (χ2n) is 4.66. The summed E-state index contributed by atoms with van der Waals surface area (Å²) in [5.41, 5.74) is 2.59. The van der Waals surface area contributed by atoms with E-state index in [4.69, 9.17) is 0 Å². The van der Waals surface area contributed by atoms with Crippen LogP contribution < -0.4 is 10.2 Å². The number of carbonyl (C=O) groups excluding carboxylic acids is 1. The van der Waals surface area contributed by atoms with E-state index in [2.05, 4.69) is 10.3 Å². The third-order valence-electron chi connectivity index (χ3n) is 3.10. The van der Waals surface area contributed by atoms with Crippen molar-refractivity contribution < 1.29 is 4.79 Å². The van der Waals surface area contributed by atoms with Crippen molar-refractivity contribution in [1.82, 2.24) is 4.98 Å². The SMILES string of the molecule is CCNc1ccc(N(C)C(=O)c2ccc(C)cc2)cn1. The number of aromatic nitrogens is 1. The Labute approximate surface area is 119 Å². The Bertz CT molecular complexity index is 576. The molecule has 1 N–H and O–H groups in total. The van der Waals surface area contributed by atoms with Crippen molar-refractivity contribution in [3.63, 3.8) is 0 Å². The molecule has 0 aliphatic carbocycles. The Morgan fingerprint density at radius 1 is 1.20 bits per heavy atom. The van der Waals surface area contributed by atoms with Gasteiger partial charge in [0.15, 0.2) is 0 Å². The van der Waals surface area contributed by atoms with Crippen LogP contribution >= 0.6 is 0 Å². The highest BCUT2D eigenvalue weighted by Crippen LogP contribution is 2.16. The lowest BCUT2D eigenvalue weighted by Crippen LogP contribution is -2.26. The number of benzene rings is 1. The summed E-state index contributed by atoms with van der Waals surface area (Å²) in [5.74, 6) is 0.774. The van der Waals surface area contributed by atoms with E-state index >= 15 is 0 Å². The van der Waals surface area contributed by atoms with Gasteiger partial charge in [0.2, 0.25) is 0 Å². The van der Waals surface area contributed by atoms with E-state index in [9.17, 15) is 4.79 Å². The molecule has 104 valence electrons. The van der Waals surface area contributed by atoms with Crippen LogP contribution in [0.5, 0.6) is 0 Å². The Morgan fingerprint density at radius 3 is 2.45 bits per heavy atom. The van der Waals surface area contributed by atoms with E-state index in [0.717, 1.165) is 23.6 Å². The van der Waals surface area contributed by atoms with Gasteiger partial charge in [-0.3, -0.25) is 4.79 Å². The Hall–Kier alpha value is -2.36. The average Bonchev–Trinajstić information content (AvgIpc) is 2.48. The maximum absolute atomic E-state index is 12.3. The molecular weight excluding hydrogens is 250 g/mol. The minimum atomic E-state index is -0.0389. The number of aryl methyl sites for hydroxylation is 1. The second kappa shape index (κ2) is 6.19. The summed E-state index contributed by atoms with van der Waals surface area (Å²) >= 11 is 0. The lowest BCUT2D eigenvalue weighted by molar-refractivity contribution is 0.0993. The highest BCUT2D eigenvalue weighted by atomic mass is 16.2. The summed E-state index contributed by atoms with van der Waals surface area (Å²) in [4.78, 5) is 18.2. The van der Waals surface area contributed by atoms with Gasteiger partial charge in [-0.1, -0.05) is 17.7 Å². The Morgan fingerprint density at radius 2 is 1.90 bits per heavy atom. The number of hydrogen-bond donors (Lipinski definition) is 1. The highest BCUT2D eigenvalue weighted by Gasteiger charge is 2.13. The normalized spacial score (nSPS) is 10.2. The number of anilines is 2. The van der Waals surface area contributed by atoms with Crippen molar-refractivity contribution in [2.45, 2.75) is 13.8 Å². The van der Waals surface area contributed by atoms with E-state index < -0.39 is 0 Å². The van der Waals surface area contributed by atoms with Gasteiger partial charge < -0.3 is 10.2 Å². The third-order valence-corrected chi connectivity index (χ3v) is 3.10. The monoisotopic (exact) mass is 269 g/mol. The molecule has 0 atom stereocenters. The van der Waals surface area contributed by atoms with Gasteiger partial charge >= 0.3 is 0 Å². The van der Waals surface area contributed by atoms with Crippen LogP contribution in [-0.2, 0) is 0 Å². The van der Waals surface area contributed by atoms with Crippen LogP contribution in [0.4, 0.5) is 11.5 Å². The molecule has 4 nitrogen and oxygen atoms in total. The van der Waals surface area contributed by atoms with Crippen LogP contribution in [0, 0.1) is 6.92 Å². The van der Waals surface area contributed by atoms with E-state index in [-0.39, 0.29) is 5.91 Å². The van der Waals surface area contributed by atoms with Gasteiger partial charge in [-0.15, -0.1) is 0 Å². The number of carbonyl (C=O) groups is 1. The number of nitrogens with one attached hydrogen (secondary N) is 1. The Kier molecular flexibility index (Phi) is 4.35. The quantitative estimate of drug-likeness (QED) is 0.927. The molecule has 1 aromatic carbocycles. The van der Waals surface area contributed by atoms with Crippen LogP contribution in [-0.4, -0.2) is 24.5 Å². The van der Waals surface area contributed by atoms with Gasteiger partial charge in [0.05, 0.1) is 11.9 Å². The molecule has 2 aromatic rings. The van der Waals surface area contributed by atoms with Gasteiger partial charge in [-0.05, 0) is 38.1 Å². The lowest BCUT2D eigenvalue weighted by Gasteiger charge is -2.17. The van der Waals surface area contributed by atoms with Crippen LogP contribution in [0.2, 0.25) is 0 Å². The molecule has 4 heteroatoms. The molecule has 1 aromatic heterocycles. The third kappa shape index (κ3) is 3.15. The number of hydrogen-bond acceptors (Lipinski definition) is 3. The summed E-state index contributed by atoms with van der Waals surface area (Å²) in [6, 6.07) is 11.3. The van der Waals surface area contributed by atoms with E-state index in [1.54, 1.807) is 18.1 Å². The number of nitrogens with zero attached hydrogens (tertiary/aromatic N) is 2. The standard InChI is InChI=1S/C16H19N3O/c1-4-17-15-10-9-14(11-18-15)19(3)16(20)13-7-5-12(2)6-8-13/h5-11H,4H2,1-3H3,(H,17,18). The Balaban J connectivity index is 2.15. The van der Waals surface area contributed by atoms with Crippen molar-refractivity contribution in [1.29, 1.82) is 0 Å². The van der Waals surface area contributed by atoms with Crippen molar-refractivity contribution in [3.05, 3.63) is 53.7 Å². The van der Waals surface area contributed by atoms with Crippen LogP contribution in [0.1, 0.15) is 22.8 Å². The first-order valence-corrected chi connectivity index (χ1v) is 6.66. The molecule has 0 bridgehead atoms. The second-order valence-corrected chi connectivity index (χ2v) is 4.66. The number of rotatable bonds is 4. The van der Waals surface area contributed by atoms with Crippen LogP contribution in [0.25, 0.3) is 0 Å². The summed E-state index contributed by atoms with van der Waals surface area (Å²) in [7, 11) is 1.76. The van der Waals surface area contributed by atoms with Gasteiger partial charge in [0, 0.05) is 19.2 Å². The number of pyridine rings is 1. The van der Waals surface area contributed by atoms with Crippen molar-refractivity contribution in [2.24, 2.45) is 0 Å². The van der Waals surface area contributed by atoms with Gasteiger partial charge in [-0.25, -0.2) is 4.98 Å². The predicted molar refractivity (Wildman–Crippen MR) is 82.3 cm³/mol. The molecule has 0 aliphatic heterocycles. The molecule has 0 saturated heterocycles. The molecule has 0 saturated carbocycles. The fourth-order valence-electron chi connectivity index (χ4n) is 1.88. The molecule has 2 rings (SSSR count). The molecule has 0 unspecified atom stereocenters. The fraction of sp³-hybridized carbons (Fsp3) is 0.250. The molecule has 20 heavy (non-hydrogen) atoms. The summed E-state index contributed by atoms with van der Waals surface area (Å²) in [5, 5.41) is 3.13. The minimum absolute atomic E-state index is 0.0389. The first-order chi connectivity index (χ1) is 9.61. The van der Waals surface area contributed by atoms with Crippen molar-refractivity contribution in [2.75, 3.05) is 23.8 Å². The summed E-state index contributed by atoms with van der Waals surface area (Å²) in [6.07, 6.45) is 1.70. The van der Waals surface area contributed by atoms with Crippen LogP contribution in [0.3, 0.4) is 0 Å². The molecule has 0 fully saturated rings. The smallest absolute Gasteiger partial charge is 0.258 e. The zero-order valence-corrected chi connectivity index (χ0v) is 12.1. The maximum atomic E-state index is 12.3. The molecule has 1 heterocycles.